The van der Waals surface area contributed by atoms with Crippen LogP contribution in [0.3, 0.4) is 0 Å². The van der Waals surface area contributed by atoms with Crippen LogP contribution in [0.2, 0.25) is 0 Å². The Hall–Kier alpha value is -1.03. The number of hydrogen-bond acceptors (Lipinski definition) is 3. The summed E-state index contributed by atoms with van der Waals surface area (Å²) in [5, 5.41) is 3.89. The molecule has 1 aromatic rings. The van der Waals surface area contributed by atoms with Crippen molar-refractivity contribution in [2.45, 2.75) is 43.6 Å². The van der Waals surface area contributed by atoms with E-state index in [-0.39, 0.29) is 5.91 Å². The van der Waals surface area contributed by atoms with Gasteiger partial charge in [0.25, 0.3) is 5.91 Å². The lowest BCUT2D eigenvalue weighted by atomic mass is 10.0. The van der Waals surface area contributed by atoms with Crippen molar-refractivity contribution in [1.29, 1.82) is 0 Å². The Bertz CT molecular complexity index is 416. The molecule has 0 spiro atoms. The summed E-state index contributed by atoms with van der Waals surface area (Å²) in [5.74, 6) is 0.921. The maximum Gasteiger partial charge on any atom is 0.251 e. The summed E-state index contributed by atoms with van der Waals surface area (Å²) in [5.41, 5.74) is 0.709. The first-order valence-electron chi connectivity index (χ1n) is 7.08. The second-order valence-electron chi connectivity index (χ2n) is 5.14. The average Bonchev–Trinajstić information content (AvgIpc) is 2.96. The number of carbonyl (C=O) groups excluding carboxylic acids is 1. The van der Waals surface area contributed by atoms with Gasteiger partial charge in [-0.05, 0) is 37.1 Å². The molecule has 19 heavy (non-hydrogen) atoms. The fourth-order valence-corrected chi connectivity index (χ4v) is 3.07. The van der Waals surface area contributed by atoms with E-state index in [2.05, 4.69) is 10.3 Å². The topological polar surface area (TPSA) is 42.0 Å². The van der Waals surface area contributed by atoms with Gasteiger partial charge in [-0.15, -0.1) is 11.8 Å². The molecule has 2 rings (SSSR count). The van der Waals surface area contributed by atoms with Gasteiger partial charge in [-0.1, -0.05) is 25.7 Å². The lowest BCUT2D eigenvalue weighted by Gasteiger charge is -2.09. The highest BCUT2D eigenvalue weighted by Gasteiger charge is 2.14. The van der Waals surface area contributed by atoms with Crippen molar-refractivity contribution in [3.8, 4) is 0 Å². The van der Waals surface area contributed by atoms with Crippen LogP contribution in [0.25, 0.3) is 0 Å². The normalized spacial score (nSPS) is 15.6. The molecule has 1 saturated carbocycles. The molecular weight excluding hydrogens is 256 g/mol. The number of thioether (sulfide) groups is 1. The van der Waals surface area contributed by atoms with Crippen molar-refractivity contribution in [1.82, 2.24) is 10.3 Å². The Labute approximate surface area is 119 Å². The third kappa shape index (κ3) is 4.53. The van der Waals surface area contributed by atoms with Gasteiger partial charge in [0.05, 0.1) is 5.03 Å². The fourth-order valence-electron chi connectivity index (χ4n) is 2.66. The van der Waals surface area contributed by atoms with Gasteiger partial charge in [-0.2, -0.15) is 0 Å². The molecule has 0 unspecified atom stereocenters. The number of nitrogens with one attached hydrogen (secondary N) is 1. The summed E-state index contributed by atoms with van der Waals surface area (Å²) in [6.45, 7) is 0.784. The van der Waals surface area contributed by atoms with Crippen LogP contribution >= 0.6 is 11.8 Å². The van der Waals surface area contributed by atoms with Gasteiger partial charge in [0.15, 0.2) is 0 Å². The first-order valence-corrected chi connectivity index (χ1v) is 8.30. The zero-order chi connectivity index (χ0) is 13.5. The molecule has 1 aliphatic carbocycles. The molecule has 0 saturated heterocycles. The van der Waals surface area contributed by atoms with Crippen LogP contribution < -0.4 is 5.32 Å². The van der Waals surface area contributed by atoms with Gasteiger partial charge in [-0.25, -0.2) is 4.98 Å². The second kappa shape index (κ2) is 7.53. The molecule has 1 amide bonds. The van der Waals surface area contributed by atoms with Crippen LogP contribution in [0.15, 0.2) is 23.4 Å². The first-order chi connectivity index (χ1) is 9.29. The molecule has 1 aliphatic rings. The number of aromatic nitrogens is 1. The van der Waals surface area contributed by atoms with Crippen LogP contribution in [0, 0.1) is 5.92 Å². The number of hydrogen-bond donors (Lipinski definition) is 1. The molecule has 0 atom stereocenters. The van der Waals surface area contributed by atoms with Crippen LogP contribution in [0.5, 0.6) is 0 Å². The molecule has 104 valence electrons. The van der Waals surface area contributed by atoms with E-state index in [1.165, 1.54) is 32.1 Å². The number of nitrogens with zero attached hydrogens (tertiary/aromatic N) is 1. The molecule has 1 aromatic heterocycles. The van der Waals surface area contributed by atoms with Crippen molar-refractivity contribution >= 4 is 17.7 Å². The van der Waals surface area contributed by atoms with E-state index in [9.17, 15) is 4.79 Å². The molecule has 1 heterocycles. The molecule has 0 bridgehead atoms. The molecule has 0 radical (unpaired) electrons. The van der Waals surface area contributed by atoms with Crippen LogP contribution in [-0.4, -0.2) is 23.7 Å². The van der Waals surface area contributed by atoms with Gasteiger partial charge >= 0.3 is 0 Å². The van der Waals surface area contributed by atoms with Gasteiger partial charge < -0.3 is 5.32 Å². The maximum absolute atomic E-state index is 12.0. The van der Waals surface area contributed by atoms with Gasteiger partial charge in [0, 0.05) is 18.3 Å². The van der Waals surface area contributed by atoms with Crippen molar-refractivity contribution in [2.75, 3.05) is 12.8 Å². The predicted molar refractivity (Wildman–Crippen MR) is 79.5 cm³/mol. The van der Waals surface area contributed by atoms with E-state index in [0.717, 1.165) is 23.9 Å². The molecule has 1 fully saturated rings. The Morgan fingerprint density at radius 2 is 2.26 bits per heavy atom. The SMILES string of the molecule is CSc1cc(C(=O)NCCCC2CCCC2)ccn1. The molecule has 4 heteroatoms. The van der Waals surface area contributed by atoms with Crippen molar-refractivity contribution in [2.24, 2.45) is 5.92 Å². The Balaban J connectivity index is 1.71. The first kappa shape index (κ1) is 14.4. The third-order valence-electron chi connectivity index (χ3n) is 3.76. The zero-order valence-electron chi connectivity index (χ0n) is 11.5. The maximum atomic E-state index is 12.0. The van der Waals surface area contributed by atoms with E-state index in [1.54, 1.807) is 24.0 Å². The van der Waals surface area contributed by atoms with Crippen molar-refractivity contribution < 1.29 is 4.79 Å². The highest BCUT2D eigenvalue weighted by atomic mass is 32.2. The minimum Gasteiger partial charge on any atom is -0.352 e. The Morgan fingerprint density at radius 1 is 1.47 bits per heavy atom. The Morgan fingerprint density at radius 3 is 3.00 bits per heavy atom. The van der Waals surface area contributed by atoms with Gasteiger partial charge in [0.2, 0.25) is 0 Å². The number of rotatable bonds is 6. The van der Waals surface area contributed by atoms with Crippen LogP contribution in [0.4, 0.5) is 0 Å². The summed E-state index contributed by atoms with van der Waals surface area (Å²) in [6, 6.07) is 3.61. The van der Waals surface area contributed by atoms with Crippen molar-refractivity contribution in [3.05, 3.63) is 23.9 Å². The summed E-state index contributed by atoms with van der Waals surface area (Å²) >= 11 is 1.55. The smallest absolute Gasteiger partial charge is 0.251 e. The third-order valence-corrected chi connectivity index (χ3v) is 4.40. The van der Waals surface area contributed by atoms with E-state index >= 15 is 0 Å². The molecule has 0 aromatic carbocycles. The fraction of sp³-hybridized carbons (Fsp3) is 0.600. The summed E-state index contributed by atoms with van der Waals surface area (Å²) in [7, 11) is 0. The van der Waals surface area contributed by atoms with E-state index in [4.69, 9.17) is 0 Å². The highest BCUT2D eigenvalue weighted by Crippen LogP contribution is 2.28. The monoisotopic (exact) mass is 278 g/mol. The standard InChI is InChI=1S/C15H22N2OS/c1-19-14-11-13(8-10-16-14)15(18)17-9-4-7-12-5-2-3-6-12/h8,10-12H,2-7,9H2,1H3,(H,17,18). The number of amides is 1. The largest absolute Gasteiger partial charge is 0.352 e. The Kier molecular flexibility index (Phi) is 5.70. The minimum atomic E-state index is 0.0177. The second-order valence-corrected chi connectivity index (χ2v) is 5.96. The summed E-state index contributed by atoms with van der Waals surface area (Å²) < 4.78 is 0. The predicted octanol–water partition coefficient (Wildman–Crippen LogP) is 3.50. The quantitative estimate of drug-likeness (QED) is 0.639. The summed E-state index contributed by atoms with van der Waals surface area (Å²) in [4.78, 5) is 16.1. The lowest BCUT2D eigenvalue weighted by molar-refractivity contribution is 0.0952. The van der Waals surface area contributed by atoms with Gasteiger partial charge in [0.1, 0.15) is 0 Å². The van der Waals surface area contributed by atoms with E-state index in [1.807, 2.05) is 12.3 Å². The molecule has 0 aliphatic heterocycles. The number of pyridine rings is 1. The lowest BCUT2D eigenvalue weighted by Crippen LogP contribution is -2.24. The van der Waals surface area contributed by atoms with E-state index < -0.39 is 0 Å². The zero-order valence-corrected chi connectivity index (χ0v) is 12.3. The van der Waals surface area contributed by atoms with Gasteiger partial charge in [-0.3, -0.25) is 4.79 Å². The molecule has 1 N–H and O–H groups in total. The van der Waals surface area contributed by atoms with Crippen molar-refractivity contribution in [3.63, 3.8) is 0 Å². The van der Waals surface area contributed by atoms with Crippen LogP contribution in [-0.2, 0) is 0 Å². The highest BCUT2D eigenvalue weighted by molar-refractivity contribution is 7.98. The molecule has 3 nitrogen and oxygen atoms in total. The van der Waals surface area contributed by atoms with Crippen LogP contribution in [0.1, 0.15) is 48.9 Å². The minimum absolute atomic E-state index is 0.0177. The molecular formula is C15H22N2OS. The average molecular weight is 278 g/mol. The number of carbonyl (C=O) groups is 1. The summed E-state index contributed by atoms with van der Waals surface area (Å²) in [6.07, 6.45) is 11.6. The van der Waals surface area contributed by atoms with E-state index in [0.29, 0.717) is 5.56 Å².